The fourth-order valence-electron chi connectivity index (χ4n) is 1.70. The van der Waals surface area contributed by atoms with Crippen LogP contribution in [0.25, 0.3) is 22.3 Å². The standard InChI is InChI=1S/C13H10N4/c1-9-8-13-12(17-16-9)3-2-11(15-13)10-4-6-14-7-5-10/h2-8H,1H3. The zero-order chi connectivity index (χ0) is 11.7. The van der Waals surface area contributed by atoms with Crippen LogP contribution in [0.5, 0.6) is 0 Å². The summed E-state index contributed by atoms with van der Waals surface area (Å²) >= 11 is 0. The molecule has 4 nitrogen and oxygen atoms in total. The maximum absolute atomic E-state index is 4.58. The highest BCUT2D eigenvalue weighted by Crippen LogP contribution is 2.18. The minimum Gasteiger partial charge on any atom is -0.265 e. The van der Waals surface area contributed by atoms with Crippen molar-refractivity contribution in [3.05, 3.63) is 48.4 Å². The summed E-state index contributed by atoms with van der Waals surface area (Å²) in [7, 11) is 0. The van der Waals surface area contributed by atoms with Crippen LogP contribution in [-0.4, -0.2) is 20.2 Å². The molecule has 0 saturated carbocycles. The van der Waals surface area contributed by atoms with Gasteiger partial charge in [0.25, 0.3) is 0 Å². The van der Waals surface area contributed by atoms with Crippen LogP contribution in [0.2, 0.25) is 0 Å². The maximum atomic E-state index is 4.58. The minimum atomic E-state index is 0.813. The van der Waals surface area contributed by atoms with Gasteiger partial charge in [0.1, 0.15) is 5.52 Å². The van der Waals surface area contributed by atoms with Crippen LogP contribution in [0.4, 0.5) is 0 Å². The van der Waals surface area contributed by atoms with Crippen molar-refractivity contribution in [3.63, 3.8) is 0 Å². The van der Waals surface area contributed by atoms with Crippen molar-refractivity contribution in [3.8, 4) is 11.3 Å². The Morgan fingerprint density at radius 3 is 2.53 bits per heavy atom. The van der Waals surface area contributed by atoms with Crippen molar-refractivity contribution in [2.75, 3.05) is 0 Å². The Morgan fingerprint density at radius 2 is 1.71 bits per heavy atom. The molecule has 0 atom stereocenters. The van der Waals surface area contributed by atoms with E-state index in [-0.39, 0.29) is 0 Å². The normalized spacial score (nSPS) is 10.6. The van der Waals surface area contributed by atoms with Gasteiger partial charge < -0.3 is 0 Å². The molecule has 3 rings (SSSR count). The van der Waals surface area contributed by atoms with Gasteiger partial charge in [0.05, 0.1) is 16.9 Å². The van der Waals surface area contributed by atoms with Crippen molar-refractivity contribution in [1.29, 1.82) is 0 Å². The molecule has 0 bridgehead atoms. The second-order valence-corrected chi connectivity index (χ2v) is 3.82. The van der Waals surface area contributed by atoms with E-state index in [0.29, 0.717) is 0 Å². The maximum Gasteiger partial charge on any atom is 0.111 e. The van der Waals surface area contributed by atoms with Crippen LogP contribution in [0, 0.1) is 6.92 Å². The van der Waals surface area contributed by atoms with Gasteiger partial charge in [0.15, 0.2) is 0 Å². The van der Waals surface area contributed by atoms with Crippen LogP contribution in [0.3, 0.4) is 0 Å². The lowest BCUT2D eigenvalue weighted by molar-refractivity contribution is 1.01. The third-order valence-corrected chi connectivity index (χ3v) is 2.54. The van der Waals surface area contributed by atoms with Crippen molar-refractivity contribution in [2.45, 2.75) is 6.92 Å². The van der Waals surface area contributed by atoms with Gasteiger partial charge in [-0.3, -0.25) is 4.98 Å². The van der Waals surface area contributed by atoms with Gasteiger partial charge in [-0.1, -0.05) is 0 Å². The van der Waals surface area contributed by atoms with Crippen LogP contribution in [-0.2, 0) is 0 Å². The van der Waals surface area contributed by atoms with Gasteiger partial charge in [0.2, 0.25) is 0 Å². The molecule has 0 aliphatic heterocycles. The third kappa shape index (κ3) is 1.85. The predicted octanol–water partition coefficient (Wildman–Crippen LogP) is 2.40. The van der Waals surface area contributed by atoms with Gasteiger partial charge in [-0.15, -0.1) is 5.10 Å². The quantitative estimate of drug-likeness (QED) is 0.634. The van der Waals surface area contributed by atoms with Crippen molar-refractivity contribution in [1.82, 2.24) is 20.2 Å². The fraction of sp³-hybridized carbons (Fsp3) is 0.0769. The lowest BCUT2D eigenvalue weighted by Crippen LogP contribution is -1.91. The summed E-state index contributed by atoms with van der Waals surface area (Å²) < 4.78 is 0. The summed E-state index contributed by atoms with van der Waals surface area (Å²) in [4.78, 5) is 8.57. The highest BCUT2D eigenvalue weighted by Gasteiger charge is 2.02. The first-order valence-corrected chi connectivity index (χ1v) is 5.34. The molecule has 3 heterocycles. The first-order chi connectivity index (χ1) is 8.33. The molecule has 0 spiro atoms. The SMILES string of the molecule is Cc1cc2nc(-c3ccncc3)ccc2nn1. The second-order valence-electron chi connectivity index (χ2n) is 3.82. The number of pyridine rings is 2. The van der Waals surface area contributed by atoms with E-state index in [1.54, 1.807) is 12.4 Å². The Labute approximate surface area is 98.4 Å². The molecule has 0 N–H and O–H groups in total. The summed E-state index contributed by atoms with van der Waals surface area (Å²) in [5, 5.41) is 8.10. The predicted molar refractivity (Wildman–Crippen MR) is 65.3 cm³/mol. The zero-order valence-corrected chi connectivity index (χ0v) is 9.33. The number of aromatic nitrogens is 4. The summed E-state index contributed by atoms with van der Waals surface area (Å²) in [6.07, 6.45) is 3.52. The highest BCUT2D eigenvalue weighted by molar-refractivity contribution is 5.77. The molecule has 0 radical (unpaired) electrons. The Morgan fingerprint density at radius 1 is 0.882 bits per heavy atom. The van der Waals surface area contributed by atoms with Crippen LogP contribution < -0.4 is 0 Å². The average Bonchev–Trinajstić information content (AvgIpc) is 2.39. The van der Waals surface area contributed by atoms with Gasteiger partial charge in [-0.25, -0.2) is 4.98 Å². The van der Waals surface area contributed by atoms with Crippen molar-refractivity contribution >= 4 is 11.0 Å². The fourth-order valence-corrected chi connectivity index (χ4v) is 1.70. The summed E-state index contributed by atoms with van der Waals surface area (Å²) in [5.41, 5.74) is 4.53. The van der Waals surface area contributed by atoms with Gasteiger partial charge in [-0.2, -0.15) is 5.10 Å². The van der Waals surface area contributed by atoms with E-state index in [0.717, 1.165) is 28.0 Å². The molecular weight excluding hydrogens is 212 g/mol. The molecular formula is C13H10N4. The molecule has 0 aromatic carbocycles. The van der Waals surface area contributed by atoms with E-state index in [2.05, 4.69) is 20.2 Å². The van der Waals surface area contributed by atoms with Crippen molar-refractivity contribution < 1.29 is 0 Å². The van der Waals surface area contributed by atoms with E-state index < -0.39 is 0 Å². The number of fused-ring (bicyclic) bond motifs is 1. The summed E-state index contributed by atoms with van der Waals surface area (Å²) in [6.45, 7) is 1.91. The van der Waals surface area contributed by atoms with Crippen LogP contribution in [0.1, 0.15) is 5.69 Å². The van der Waals surface area contributed by atoms with E-state index in [1.807, 2.05) is 37.3 Å². The number of rotatable bonds is 1. The number of hydrogen-bond acceptors (Lipinski definition) is 4. The van der Waals surface area contributed by atoms with Crippen LogP contribution in [0.15, 0.2) is 42.7 Å². The van der Waals surface area contributed by atoms with Crippen molar-refractivity contribution in [2.24, 2.45) is 0 Å². The molecule has 0 saturated heterocycles. The zero-order valence-electron chi connectivity index (χ0n) is 9.33. The molecule has 0 fully saturated rings. The average molecular weight is 222 g/mol. The van der Waals surface area contributed by atoms with E-state index in [4.69, 9.17) is 0 Å². The largest absolute Gasteiger partial charge is 0.265 e. The monoisotopic (exact) mass is 222 g/mol. The Bertz CT molecular complexity index is 665. The summed E-state index contributed by atoms with van der Waals surface area (Å²) in [5.74, 6) is 0. The Balaban J connectivity index is 2.19. The number of nitrogens with zero attached hydrogens (tertiary/aromatic N) is 4. The Hall–Kier alpha value is -2.36. The van der Waals surface area contributed by atoms with Gasteiger partial charge in [0, 0.05) is 18.0 Å². The van der Waals surface area contributed by atoms with Gasteiger partial charge in [-0.05, 0) is 37.3 Å². The van der Waals surface area contributed by atoms with Gasteiger partial charge >= 0.3 is 0 Å². The first kappa shape index (κ1) is 9.84. The van der Waals surface area contributed by atoms with Crippen LogP contribution >= 0.6 is 0 Å². The second kappa shape index (κ2) is 3.90. The number of aryl methyl sites for hydroxylation is 1. The molecule has 0 unspecified atom stereocenters. The number of hydrogen-bond donors (Lipinski definition) is 0. The molecule has 0 amide bonds. The topological polar surface area (TPSA) is 51.6 Å². The highest BCUT2D eigenvalue weighted by atomic mass is 15.1. The van der Waals surface area contributed by atoms with E-state index in [9.17, 15) is 0 Å². The lowest BCUT2D eigenvalue weighted by atomic mass is 10.1. The molecule has 3 aromatic heterocycles. The molecule has 82 valence electrons. The first-order valence-electron chi connectivity index (χ1n) is 5.34. The van der Waals surface area contributed by atoms with E-state index in [1.165, 1.54) is 0 Å². The molecule has 0 aliphatic rings. The lowest BCUT2D eigenvalue weighted by Gasteiger charge is -2.02. The Kier molecular flexibility index (Phi) is 2.26. The minimum absolute atomic E-state index is 0.813. The smallest absolute Gasteiger partial charge is 0.111 e. The molecule has 3 aromatic rings. The molecule has 4 heteroatoms. The third-order valence-electron chi connectivity index (χ3n) is 2.54. The van der Waals surface area contributed by atoms with E-state index >= 15 is 0 Å². The molecule has 0 aliphatic carbocycles. The summed E-state index contributed by atoms with van der Waals surface area (Å²) in [6, 6.07) is 9.70. The molecule has 17 heavy (non-hydrogen) atoms.